The Balaban J connectivity index is 1.86. The van der Waals surface area contributed by atoms with Crippen LogP contribution in [0.15, 0.2) is 53.1 Å². The normalized spacial score (nSPS) is 22.9. The zero-order valence-corrected chi connectivity index (χ0v) is 19.8. The molecule has 0 N–H and O–H groups in total. The topological polar surface area (TPSA) is 46.6 Å². The number of aryl methyl sites for hydroxylation is 1. The lowest BCUT2D eigenvalue weighted by Crippen LogP contribution is -2.48. The minimum atomic E-state index is -3.56. The van der Waals surface area contributed by atoms with E-state index in [0.29, 0.717) is 18.0 Å². The van der Waals surface area contributed by atoms with Gasteiger partial charge in [0.25, 0.3) is 10.0 Å². The van der Waals surface area contributed by atoms with Crippen molar-refractivity contribution in [1.29, 1.82) is 0 Å². The number of rotatable bonds is 5. The predicted octanol–water partition coefficient (Wildman–Crippen LogP) is 5.24. The van der Waals surface area contributed by atoms with Crippen molar-refractivity contribution in [3.63, 3.8) is 0 Å². The van der Waals surface area contributed by atoms with Crippen molar-refractivity contribution in [3.05, 3.63) is 53.8 Å². The molecule has 1 atom stereocenters. The van der Waals surface area contributed by atoms with Crippen molar-refractivity contribution in [2.24, 2.45) is 5.41 Å². The molecule has 1 unspecified atom stereocenters. The monoisotopic (exact) mass is 419 g/mol. The lowest BCUT2D eigenvalue weighted by molar-refractivity contribution is 0.146. The lowest BCUT2D eigenvalue weighted by atomic mass is 9.80. The first-order valence-corrected chi connectivity index (χ1v) is 14.3. The summed E-state index contributed by atoms with van der Waals surface area (Å²) in [5.41, 5.74) is 2.03. The molecule has 1 heterocycles. The van der Waals surface area contributed by atoms with Gasteiger partial charge in [-0.1, -0.05) is 44.5 Å². The van der Waals surface area contributed by atoms with E-state index in [2.05, 4.69) is 39.9 Å². The van der Waals surface area contributed by atoms with Gasteiger partial charge >= 0.3 is 0 Å². The van der Waals surface area contributed by atoms with Gasteiger partial charge in [-0.25, -0.2) is 8.42 Å². The summed E-state index contributed by atoms with van der Waals surface area (Å²) in [6.07, 6.45) is 7.83. The van der Waals surface area contributed by atoms with Crippen LogP contribution in [-0.2, 0) is 14.4 Å². The van der Waals surface area contributed by atoms with Gasteiger partial charge in [0.15, 0.2) is 8.32 Å². The van der Waals surface area contributed by atoms with Gasteiger partial charge in [0.1, 0.15) is 0 Å². The highest BCUT2D eigenvalue weighted by Crippen LogP contribution is 2.46. The van der Waals surface area contributed by atoms with Crippen molar-refractivity contribution in [3.8, 4) is 0 Å². The quantitative estimate of drug-likeness (QED) is 0.613. The Morgan fingerprint density at radius 2 is 1.82 bits per heavy atom. The van der Waals surface area contributed by atoms with Crippen LogP contribution in [0, 0.1) is 12.3 Å². The second-order valence-electron chi connectivity index (χ2n) is 9.71. The predicted molar refractivity (Wildman–Crippen MR) is 117 cm³/mol. The molecular formula is C22H33NO3SSi. The van der Waals surface area contributed by atoms with E-state index < -0.39 is 18.3 Å². The molecule has 0 saturated carbocycles. The van der Waals surface area contributed by atoms with Gasteiger partial charge in [-0.05, 0) is 61.7 Å². The molecule has 154 valence electrons. The Morgan fingerprint density at radius 3 is 2.43 bits per heavy atom. The molecule has 1 aromatic rings. The summed E-state index contributed by atoms with van der Waals surface area (Å²) in [6.45, 7) is 14.2. The van der Waals surface area contributed by atoms with Crippen LogP contribution in [0.1, 0.15) is 39.2 Å². The smallest absolute Gasteiger partial charge is 0.263 e. The summed E-state index contributed by atoms with van der Waals surface area (Å²) in [7, 11) is -5.47. The number of fused-ring (bicyclic) bond motifs is 1. The minimum absolute atomic E-state index is 0.129. The third kappa shape index (κ3) is 3.87. The summed E-state index contributed by atoms with van der Waals surface area (Å²) in [6, 6.07) is 7.07. The highest BCUT2D eigenvalue weighted by Gasteiger charge is 2.46. The van der Waals surface area contributed by atoms with Crippen molar-refractivity contribution < 1.29 is 12.8 Å². The van der Waals surface area contributed by atoms with E-state index in [4.69, 9.17) is 4.43 Å². The van der Waals surface area contributed by atoms with E-state index in [-0.39, 0.29) is 10.5 Å². The van der Waals surface area contributed by atoms with Crippen LogP contribution < -0.4 is 0 Å². The van der Waals surface area contributed by atoms with Crippen molar-refractivity contribution in [1.82, 2.24) is 4.31 Å². The highest BCUT2D eigenvalue weighted by atomic mass is 32.2. The number of benzene rings is 1. The maximum atomic E-state index is 13.2. The molecule has 1 aliphatic carbocycles. The molecule has 0 fully saturated rings. The molecule has 0 amide bonds. The molecule has 0 spiro atoms. The van der Waals surface area contributed by atoms with Crippen LogP contribution in [-0.4, -0.2) is 34.2 Å². The molecule has 2 aliphatic rings. The molecule has 4 nitrogen and oxygen atoms in total. The molecule has 1 aliphatic heterocycles. The van der Waals surface area contributed by atoms with E-state index in [0.717, 1.165) is 18.4 Å². The Hall–Kier alpha value is -1.37. The third-order valence-corrected chi connectivity index (χ3v) is 12.8. The van der Waals surface area contributed by atoms with E-state index in [9.17, 15) is 8.42 Å². The van der Waals surface area contributed by atoms with Gasteiger partial charge in [0.05, 0.1) is 4.90 Å². The first-order valence-electron chi connectivity index (χ1n) is 9.99. The summed E-state index contributed by atoms with van der Waals surface area (Å²) in [5.74, 6) is 0. The molecule has 1 aromatic carbocycles. The SMILES string of the molecule is Cc1ccc(S(=O)(=O)N2C=CC3=CCCC3(CO[Si](C)(C)C(C)(C)C)C2)cc1. The Kier molecular flexibility index (Phi) is 5.45. The lowest BCUT2D eigenvalue weighted by Gasteiger charge is -2.43. The number of sulfonamides is 1. The first-order chi connectivity index (χ1) is 12.9. The minimum Gasteiger partial charge on any atom is -0.416 e. The second-order valence-corrected chi connectivity index (χ2v) is 16.4. The Labute approximate surface area is 171 Å². The molecular weight excluding hydrogens is 386 g/mol. The summed E-state index contributed by atoms with van der Waals surface area (Å²) >= 11 is 0. The van der Waals surface area contributed by atoms with Crippen LogP contribution in [0.5, 0.6) is 0 Å². The van der Waals surface area contributed by atoms with Gasteiger partial charge in [0, 0.05) is 24.8 Å². The molecule has 0 aromatic heterocycles. The van der Waals surface area contributed by atoms with Crippen LogP contribution >= 0.6 is 0 Å². The fourth-order valence-corrected chi connectivity index (χ4v) is 6.00. The van der Waals surface area contributed by atoms with Crippen LogP contribution in [0.4, 0.5) is 0 Å². The molecule has 0 saturated heterocycles. The standard InChI is InChI=1S/C22H33NO3SSi/c1-18-9-11-20(12-10-18)27(24,25)23-15-13-19-8-7-14-22(19,16-23)17-26-28(5,6)21(2,3)4/h8-13,15H,7,14,16-17H2,1-6H3. The van der Waals surface area contributed by atoms with Gasteiger partial charge in [-0.15, -0.1) is 0 Å². The Morgan fingerprint density at radius 1 is 1.18 bits per heavy atom. The summed E-state index contributed by atoms with van der Waals surface area (Å²) < 4.78 is 34.5. The van der Waals surface area contributed by atoms with Crippen molar-refractivity contribution in [2.75, 3.05) is 13.2 Å². The average Bonchev–Trinajstić information content (AvgIpc) is 3.03. The van der Waals surface area contributed by atoms with Gasteiger partial charge < -0.3 is 4.43 Å². The van der Waals surface area contributed by atoms with E-state index in [1.165, 1.54) is 9.88 Å². The van der Waals surface area contributed by atoms with E-state index in [1.54, 1.807) is 18.3 Å². The molecule has 0 bridgehead atoms. The molecule has 6 heteroatoms. The fraction of sp³-hybridized carbons (Fsp3) is 0.545. The fourth-order valence-electron chi connectivity index (χ4n) is 3.54. The highest BCUT2D eigenvalue weighted by molar-refractivity contribution is 7.89. The van der Waals surface area contributed by atoms with Crippen LogP contribution in [0.3, 0.4) is 0 Å². The van der Waals surface area contributed by atoms with Crippen molar-refractivity contribution in [2.45, 2.75) is 63.6 Å². The molecule has 0 radical (unpaired) electrons. The maximum Gasteiger partial charge on any atom is 0.263 e. The number of hydrogen-bond acceptors (Lipinski definition) is 3. The zero-order valence-electron chi connectivity index (χ0n) is 18.0. The molecule has 28 heavy (non-hydrogen) atoms. The summed E-state index contributed by atoms with van der Waals surface area (Å²) in [5, 5.41) is 0.129. The van der Waals surface area contributed by atoms with Gasteiger partial charge in [-0.3, -0.25) is 4.31 Å². The second kappa shape index (κ2) is 7.15. The number of hydrogen-bond donors (Lipinski definition) is 0. The zero-order chi connectivity index (χ0) is 20.8. The van der Waals surface area contributed by atoms with Gasteiger partial charge in [0.2, 0.25) is 0 Å². The summed E-state index contributed by atoms with van der Waals surface area (Å²) in [4.78, 5) is 0.341. The average molecular weight is 420 g/mol. The largest absolute Gasteiger partial charge is 0.416 e. The first kappa shape index (κ1) is 21.3. The van der Waals surface area contributed by atoms with E-state index in [1.807, 2.05) is 25.1 Å². The van der Waals surface area contributed by atoms with Crippen molar-refractivity contribution >= 4 is 18.3 Å². The molecule has 3 rings (SSSR count). The van der Waals surface area contributed by atoms with Crippen LogP contribution in [0.25, 0.3) is 0 Å². The number of allylic oxidation sites excluding steroid dienone is 2. The Bertz CT molecular complexity index is 895. The van der Waals surface area contributed by atoms with Gasteiger partial charge in [-0.2, -0.15) is 0 Å². The third-order valence-electron chi connectivity index (χ3n) is 6.62. The van der Waals surface area contributed by atoms with Crippen LogP contribution in [0.2, 0.25) is 18.1 Å². The maximum absolute atomic E-state index is 13.2. The van der Waals surface area contributed by atoms with E-state index >= 15 is 0 Å². The number of nitrogens with zero attached hydrogens (tertiary/aromatic N) is 1.